The van der Waals surface area contributed by atoms with Gasteiger partial charge in [-0.25, -0.2) is 0 Å². The molecule has 0 aliphatic carbocycles. The normalized spacial score (nSPS) is 12.1. The van der Waals surface area contributed by atoms with Gasteiger partial charge in [-0.1, -0.05) is 64.0 Å². The molecule has 1 N–H and O–H groups in total. The SMILES string of the molecule is C=CCOc1ccccc1CNC(CCC)CCCC. The summed E-state index contributed by atoms with van der Waals surface area (Å²) in [4.78, 5) is 0. The van der Waals surface area contributed by atoms with Crippen molar-refractivity contribution in [3.63, 3.8) is 0 Å². The van der Waals surface area contributed by atoms with E-state index < -0.39 is 0 Å². The highest BCUT2D eigenvalue weighted by Crippen LogP contribution is 2.18. The van der Waals surface area contributed by atoms with E-state index >= 15 is 0 Å². The summed E-state index contributed by atoms with van der Waals surface area (Å²) >= 11 is 0. The Hall–Kier alpha value is -1.28. The molecule has 0 saturated heterocycles. The fraction of sp³-hybridized carbons (Fsp3) is 0.556. The Morgan fingerprint density at radius 1 is 1.20 bits per heavy atom. The molecular formula is C18H29NO. The van der Waals surface area contributed by atoms with Crippen LogP contribution in [0.5, 0.6) is 5.75 Å². The van der Waals surface area contributed by atoms with Crippen LogP contribution in [0, 0.1) is 0 Å². The summed E-state index contributed by atoms with van der Waals surface area (Å²) in [6.45, 7) is 9.64. The summed E-state index contributed by atoms with van der Waals surface area (Å²) in [6, 6.07) is 8.86. The molecule has 0 aliphatic rings. The lowest BCUT2D eigenvalue weighted by Crippen LogP contribution is -2.28. The molecule has 0 amide bonds. The van der Waals surface area contributed by atoms with Gasteiger partial charge in [-0.2, -0.15) is 0 Å². The summed E-state index contributed by atoms with van der Waals surface area (Å²) in [5.41, 5.74) is 1.23. The minimum absolute atomic E-state index is 0.561. The molecule has 112 valence electrons. The standard InChI is InChI=1S/C18H29NO/c1-4-7-12-17(10-5-2)19-15-16-11-8-9-13-18(16)20-14-6-3/h6,8-9,11,13,17,19H,3-5,7,10,12,14-15H2,1-2H3. The summed E-state index contributed by atoms with van der Waals surface area (Å²) in [6.07, 6.45) is 8.09. The van der Waals surface area contributed by atoms with Crippen molar-refractivity contribution in [1.29, 1.82) is 0 Å². The van der Waals surface area contributed by atoms with E-state index in [0.717, 1.165) is 12.3 Å². The Balaban J connectivity index is 2.55. The highest BCUT2D eigenvalue weighted by atomic mass is 16.5. The highest BCUT2D eigenvalue weighted by Gasteiger charge is 2.08. The van der Waals surface area contributed by atoms with Crippen LogP contribution < -0.4 is 10.1 Å². The van der Waals surface area contributed by atoms with E-state index in [4.69, 9.17) is 4.74 Å². The van der Waals surface area contributed by atoms with Crippen molar-refractivity contribution in [2.45, 2.75) is 58.5 Å². The third-order valence-corrected chi connectivity index (χ3v) is 3.45. The molecule has 20 heavy (non-hydrogen) atoms. The maximum absolute atomic E-state index is 5.70. The quantitative estimate of drug-likeness (QED) is 0.591. The minimum atomic E-state index is 0.561. The van der Waals surface area contributed by atoms with E-state index in [0.29, 0.717) is 12.6 Å². The number of rotatable bonds is 11. The number of para-hydroxylation sites is 1. The van der Waals surface area contributed by atoms with E-state index in [1.807, 2.05) is 12.1 Å². The average molecular weight is 275 g/mol. The van der Waals surface area contributed by atoms with Crippen molar-refractivity contribution in [3.05, 3.63) is 42.5 Å². The molecule has 2 heteroatoms. The predicted octanol–water partition coefficient (Wildman–Crippen LogP) is 4.70. The smallest absolute Gasteiger partial charge is 0.124 e. The Morgan fingerprint density at radius 3 is 2.70 bits per heavy atom. The van der Waals surface area contributed by atoms with Gasteiger partial charge in [0.1, 0.15) is 12.4 Å². The van der Waals surface area contributed by atoms with Gasteiger partial charge in [0.05, 0.1) is 0 Å². The number of benzene rings is 1. The van der Waals surface area contributed by atoms with Crippen LogP contribution in [0.25, 0.3) is 0 Å². The number of ether oxygens (including phenoxy) is 1. The van der Waals surface area contributed by atoms with Gasteiger partial charge in [-0.15, -0.1) is 0 Å². The summed E-state index contributed by atoms with van der Waals surface area (Å²) in [7, 11) is 0. The first kappa shape index (κ1) is 16.8. The molecule has 1 aromatic rings. The molecule has 2 nitrogen and oxygen atoms in total. The third kappa shape index (κ3) is 6.25. The number of hydrogen-bond donors (Lipinski definition) is 1. The monoisotopic (exact) mass is 275 g/mol. The van der Waals surface area contributed by atoms with Crippen molar-refractivity contribution in [3.8, 4) is 5.75 Å². The van der Waals surface area contributed by atoms with Crippen LogP contribution in [-0.4, -0.2) is 12.6 Å². The average Bonchev–Trinajstić information content (AvgIpc) is 2.48. The van der Waals surface area contributed by atoms with Gasteiger partial charge in [-0.05, 0) is 18.9 Å². The second-order valence-electron chi connectivity index (χ2n) is 5.22. The first-order chi connectivity index (χ1) is 9.81. The molecular weight excluding hydrogens is 246 g/mol. The van der Waals surface area contributed by atoms with Gasteiger partial charge < -0.3 is 10.1 Å². The van der Waals surface area contributed by atoms with Gasteiger partial charge in [0.2, 0.25) is 0 Å². The molecule has 0 spiro atoms. The second-order valence-corrected chi connectivity index (χ2v) is 5.22. The van der Waals surface area contributed by atoms with Crippen molar-refractivity contribution in [1.82, 2.24) is 5.32 Å². The first-order valence-corrected chi connectivity index (χ1v) is 7.86. The third-order valence-electron chi connectivity index (χ3n) is 3.45. The zero-order valence-corrected chi connectivity index (χ0v) is 13.0. The minimum Gasteiger partial charge on any atom is -0.489 e. The Kier molecular flexibility index (Phi) is 8.81. The summed E-state index contributed by atoms with van der Waals surface area (Å²) < 4.78 is 5.70. The van der Waals surface area contributed by atoms with Crippen molar-refractivity contribution in [2.75, 3.05) is 6.61 Å². The zero-order valence-electron chi connectivity index (χ0n) is 13.0. The van der Waals surface area contributed by atoms with E-state index in [1.165, 1.54) is 37.7 Å². The van der Waals surface area contributed by atoms with Gasteiger partial charge in [0.25, 0.3) is 0 Å². The largest absolute Gasteiger partial charge is 0.489 e. The zero-order chi connectivity index (χ0) is 14.6. The van der Waals surface area contributed by atoms with Crippen LogP contribution in [0.1, 0.15) is 51.5 Å². The number of unbranched alkanes of at least 4 members (excludes halogenated alkanes) is 1. The fourth-order valence-electron chi connectivity index (χ4n) is 2.34. The topological polar surface area (TPSA) is 21.3 Å². The number of hydrogen-bond acceptors (Lipinski definition) is 2. The molecule has 0 heterocycles. The molecule has 1 rings (SSSR count). The van der Waals surface area contributed by atoms with E-state index in [9.17, 15) is 0 Å². The van der Waals surface area contributed by atoms with Crippen LogP contribution in [0.3, 0.4) is 0 Å². The fourth-order valence-corrected chi connectivity index (χ4v) is 2.34. The predicted molar refractivity (Wildman–Crippen MR) is 87.2 cm³/mol. The number of nitrogens with one attached hydrogen (secondary N) is 1. The van der Waals surface area contributed by atoms with Crippen LogP contribution in [-0.2, 0) is 6.54 Å². The summed E-state index contributed by atoms with van der Waals surface area (Å²) in [5, 5.41) is 3.68. The van der Waals surface area contributed by atoms with Gasteiger partial charge in [0.15, 0.2) is 0 Å². The van der Waals surface area contributed by atoms with E-state index in [-0.39, 0.29) is 0 Å². The lowest BCUT2D eigenvalue weighted by Gasteiger charge is -2.19. The Labute approximate surface area is 124 Å². The maximum atomic E-state index is 5.70. The van der Waals surface area contributed by atoms with Gasteiger partial charge in [-0.3, -0.25) is 0 Å². The van der Waals surface area contributed by atoms with E-state index in [2.05, 4.69) is 37.9 Å². The van der Waals surface area contributed by atoms with Crippen LogP contribution >= 0.6 is 0 Å². The molecule has 0 bridgehead atoms. The Bertz CT molecular complexity index is 375. The maximum Gasteiger partial charge on any atom is 0.124 e. The molecule has 1 atom stereocenters. The van der Waals surface area contributed by atoms with Crippen LogP contribution in [0.4, 0.5) is 0 Å². The lowest BCUT2D eigenvalue weighted by atomic mass is 10.0. The highest BCUT2D eigenvalue weighted by molar-refractivity contribution is 5.33. The molecule has 0 aliphatic heterocycles. The molecule has 0 aromatic heterocycles. The molecule has 0 radical (unpaired) electrons. The van der Waals surface area contributed by atoms with Gasteiger partial charge >= 0.3 is 0 Å². The molecule has 1 unspecified atom stereocenters. The summed E-state index contributed by atoms with van der Waals surface area (Å²) in [5.74, 6) is 0.964. The molecule has 1 aromatic carbocycles. The van der Waals surface area contributed by atoms with E-state index in [1.54, 1.807) is 6.08 Å². The Morgan fingerprint density at radius 2 is 2.00 bits per heavy atom. The lowest BCUT2D eigenvalue weighted by molar-refractivity contribution is 0.354. The first-order valence-electron chi connectivity index (χ1n) is 7.86. The van der Waals surface area contributed by atoms with Crippen molar-refractivity contribution >= 4 is 0 Å². The molecule has 0 fully saturated rings. The van der Waals surface area contributed by atoms with Crippen molar-refractivity contribution < 1.29 is 4.74 Å². The molecule has 0 saturated carbocycles. The second kappa shape index (κ2) is 10.5. The van der Waals surface area contributed by atoms with Crippen LogP contribution in [0.2, 0.25) is 0 Å². The van der Waals surface area contributed by atoms with Gasteiger partial charge in [0, 0.05) is 18.2 Å². The van der Waals surface area contributed by atoms with Crippen LogP contribution in [0.15, 0.2) is 36.9 Å². The van der Waals surface area contributed by atoms with Crippen molar-refractivity contribution in [2.24, 2.45) is 0 Å².